The molecule has 0 saturated carbocycles. The third-order valence-corrected chi connectivity index (χ3v) is 4.97. The monoisotopic (exact) mass is 303 g/mol. The van der Waals surface area contributed by atoms with E-state index in [0.717, 1.165) is 0 Å². The molecule has 104 valence electrons. The van der Waals surface area contributed by atoms with Crippen molar-refractivity contribution in [3.63, 3.8) is 0 Å². The predicted octanol–water partition coefficient (Wildman–Crippen LogP) is 0.578. The molecule has 0 aliphatic carbocycles. The van der Waals surface area contributed by atoms with Gasteiger partial charge in [0.15, 0.2) is 9.84 Å². The Hall–Kier alpha value is -1.34. The third-order valence-electron chi connectivity index (χ3n) is 2.95. The number of nitrogens with zero attached hydrogens (tertiary/aromatic N) is 2. The molecule has 1 aliphatic rings. The fraction of sp³-hybridized carbons (Fsp3) is 0.455. The van der Waals surface area contributed by atoms with Gasteiger partial charge in [-0.3, -0.25) is 4.79 Å². The average Bonchev–Trinajstić information content (AvgIpc) is 2.52. The first-order valence-electron chi connectivity index (χ1n) is 5.80. The standard InChI is InChI=1S/C11H14ClN3O3S/c12-9-7-14-10(13)6-8(9)11(16)15-2-1-4-19(17,18)5-3-15/h6-7H,1-5H2,(H2,13,14). The van der Waals surface area contributed by atoms with Gasteiger partial charge in [-0.2, -0.15) is 0 Å². The van der Waals surface area contributed by atoms with E-state index in [2.05, 4.69) is 4.98 Å². The number of sulfone groups is 1. The molecule has 8 heteroatoms. The second-order valence-corrected chi connectivity index (χ2v) is 7.10. The Bertz CT molecular complexity index is 603. The Kier molecular flexibility index (Phi) is 3.96. The van der Waals surface area contributed by atoms with Gasteiger partial charge in [-0.05, 0) is 12.5 Å². The Labute approximate surface area is 116 Å². The lowest BCUT2D eigenvalue weighted by atomic mass is 10.2. The van der Waals surface area contributed by atoms with E-state index in [9.17, 15) is 13.2 Å². The van der Waals surface area contributed by atoms with Crippen molar-refractivity contribution in [3.8, 4) is 0 Å². The zero-order valence-corrected chi connectivity index (χ0v) is 11.7. The van der Waals surface area contributed by atoms with Crippen molar-refractivity contribution in [1.29, 1.82) is 0 Å². The van der Waals surface area contributed by atoms with Gasteiger partial charge in [0, 0.05) is 19.3 Å². The maximum atomic E-state index is 12.3. The number of amides is 1. The topological polar surface area (TPSA) is 93.4 Å². The van der Waals surface area contributed by atoms with E-state index in [1.54, 1.807) is 0 Å². The lowest BCUT2D eigenvalue weighted by Crippen LogP contribution is -2.33. The van der Waals surface area contributed by atoms with Crippen molar-refractivity contribution < 1.29 is 13.2 Å². The summed E-state index contributed by atoms with van der Waals surface area (Å²) in [7, 11) is -3.05. The minimum absolute atomic E-state index is 0.0169. The SMILES string of the molecule is Nc1cc(C(=O)N2CCCS(=O)(=O)CC2)c(Cl)cn1. The number of anilines is 1. The molecule has 1 amide bonds. The highest BCUT2D eigenvalue weighted by molar-refractivity contribution is 7.91. The summed E-state index contributed by atoms with van der Waals surface area (Å²) in [6.45, 7) is 0.580. The fourth-order valence-electron chi connectivity index (χ4n) is 1.93. The van der Waals surface area contributed by atoms with Crippen molar-refractivity contribution >= 4 is 33.2 Å². The van der Waals surface area contributed by atoms with E-state index in [-0.39, 0.29) is 40.4 Å². The number of pyridine rings is 1. The molecule has 1 aromatic heterocycles. The van der Waals surface area contributed by atoms with Gasteiger partial charge in [-0.1, -0.05) is 11.6 Å². The van der Waals surface area contributed by atoms with Crippen molar-refractivity contribution in [2.75, 3.05) is 30.3 Å². The van der Waals surface area contributed by atoms with Crippen LogP contribution in [0.4, 0.5) is 5.82 Å². The number of carbonyl (C=O) groups excluding carboxylic acids is 1. The molecule has 0 spiro atoms. The number of nitrogens with two attached hydrogens (primary N) is 1. The van der Waals surface area contributed by atoms with Crippen LogP contribution in [0.15, 0.2) is 12.3 Å². The summed E-state index contributed by atoms with van der Waals surface area (Å²) in [6, 6.07) is 1.41. The van der Waals surface area contributed by atoms with Gasteiger partial charge in [-0.15, -0.1) is 0 Å². The highest BCUT2D eigenvalue weighted by Crippen LogP contribution is 2.19. The van der Waals surface area contributed by atoms with E-state index in [1.807, 2.05) is 0 Å². The maximum Gasteiger partial charge on any atom is 0.255 e. The van der Waals surface area contributed by atoms with Crippen LogP contribution in [0.25, 0.3) is 0 Å². The maximum absolute atomic E-state index is 12.3. The van der Waals surface area contributed by atoms with Crippen LogP contribution in [0.5, 0.6) is 0 Å². The normalized spacial score (nSPS) is 18.9. The summed E-state index contributed by atoms with van der Waals surface area (Å²) in [5.41, 5.74) is 5.79. The molecule has 1 saturated heterocycles. The molecule has 0 aromatic carbocycles. The predicted molar refractivity (Wildman–Crippen MR) is 72.8 cm³/mol. The molecule has 0 radical (unpaired) electrons. The molecular formula is C11H14ClN3O3S. The lowest BCUT2D eigenvalue weighted by molar-refractivity contribution is 0.0768. The zero-order valence-electron chi connectivity index (χ0n) is 10.2. The summed E-state index contributed by atoms with van der Waals surface area (Å²) in [6.07, 6.45) is 1.75. The number of nitrogen functional groups attached to an aromatic ring is 1. The number of hydrogen-bond acceptors (Lipinski definition) is 5. The molecule has 2 rings (SSSR count). The zero-order chi connectivity index (χ0) is 14.0. The van der Waals surface area contributed by atoms with E-state index in [1.165, 1.54) is 17.2 Å². The minimum atomic E-state index is -3.05. The summed E-state index contributed by atoms with van der Waals surface area (Å²) in [5.74, 6) is -0.00805. The Balaban J connectivity index is 2.22. The molecular weight excluding hydrogens is 290 g/mol. The van der Waals surface area contributed by atoms with E-state index in [4.69, 9.17) is 17.3 Å². The van der Waals surface area contributed by atoms with Gasteiger partial charge in [0.2, 0.25) is 0 Å². The van der Waals surface area contributed by atoms with Crippen LogP contribution in [-0.2, 0) is 9.84 Å². The van der Waals surface area contributed by atoms with Gasteiger partial charge < -0.3 is 10.6 Å². The van der Waals surface area contributed by atoms with Crippen molar-refractivity contribution in [2.24, 2.45) is 0 Å². The molecule has 19 heavy (non-hydrogen) atoms. The van der Waals surface area contributed by atoms with Crippen LogP contribution in [0.2, 0.25) is 5.02 Å². The third kappa shape index (κ3) is 3.36. The van der Waals surface area contributed by atoms with Crippen molar-refractivity contribution in [2.45, 2.75) is 6.42 Å². The van der Waals surface area contributed by atoms with E-state index < -0.39 is 9.84 Å². The fourth-order valence-corrected chi connectivity index (χ4v) is 3.39. The minimum Gasteiger partial charge on any atom is -0.384 e. The molecule has 6 nitrogen and oxygen atoms in total. The number of hydrogen-bond donors (Lipinski definition) is 1. The second kappa shape index (κ2) is 5.34. The van der Waals surface area contributed by atoms with Crippen LogP contribution >= 0.6 is 11.6 Å². The van der Waals surface area contributed by atoms with Crippen LogP contribution in [0.1, 0.15) is 16.8 Å². The molecule has 1 fully saturated rings. The second-order valence-electron chi connectivity index (χ2n) is 4.39. The first-order valence-corrected chi connectivity index (χ1v) is 8.00. The van der Waals surface area contributed by atoms with Crippen LogP contribution in [0.3, 0.4) is 0 Å². The Morgan fingerprint density at radius 2 is 2.11 bits per heavy atom. The van der Waals surface area contributed by atoms with Gasteiger partial charge in [0.1, 0.15) is 5.82 Å². The molecule has 2 N–H and O–H groups in total. The molecule has 0 unspecified atom stereocenters. The summed E-state index contributed by atoms with van der Waals surface area (Å²) >= 11 is 5.92. The number of carbonyl (C=O) groups is 1. The van der Waals surface area contributed by atoms with Crippen LogP contribution in [-0.4, -0.2) is 48.8 Å². The average molecular weight is 304 g/mol. The number of halogens is 1. The quantitative estimate of drug-likeness (QED) is 0.819. The molecule has 0 atom stereocenters. The summed E-state index contributed by atoms with van der Waals surface area (Å²) in [4.78, 5) is 17.6. The Morgan fingerprint density at radius 3 is 2.84 bits per heavy atom. The van der Waals surface area contributed by atoms with Gasteiger partial charge >= 0.3 is 0 Å². The molecule has 2 heterocycles. The number of aromatic nitrogens is 1. The van der Waals surface area contributed by atoms with E-state index in [0.29, 0.717) is 13.0 Å². The Morgan fingerprint density at radius 1 is 1.37 bits per heavy atom. The van der Waals surface area contributed by atoms with Crippen LogP contribution in [0, 0.1) is 0 Å². The summed E-state index contributed by atoms with van der Waals surface area (Å²) < 4.78 is 23.0. The summed E-state index contributed by atoms with van der Waals surface area (Å²) in [5, 5.41) is 0.214. The largest absolute Gasteiger partial charge is 0.384 e. The first-order chi connectivity index (χ1) is 8.89. The smallest absolute Gasteiger partial charge is 0.255 e. The lowest BCUT2D eigenvalue weighted by Gasteiger charge is -2.20. The molecule has 1 aromatic rings. The number of rotatable bonds is 1. The molecule has 0 bridgehead atoms. The van der Waals surface area contributed by atoms with Crippen molar-refractivity contribution in [1.82, 2.24) is 9.88 Å². The van der Waals surface area contributed by atoms with Crippen LogP contribution < -0.4 is 5.73 Å². The van der Waals surface area contributed by atoms with Gasteiger partial charge in [-0.25, -0.2) is 13.4 Å². The first kappa shape index (κ1) is 14.1. The molecule has 1 aliphatic heterocycles. The van der Waals surface area contributed by atoms with Gasteiger partial charge in [0.05, 0.1) is 22.1 Å². The van der Waals surface area contributed by atoms with Gasteiger partial charge in [0.25, 0.3) is 5.91 Å². The highest BCUT2D eigenvalue weighted by atomic mass is 35.5. The highest BCUT2D eigenvalue weighted by Gasteiger charge is 2.24. The van der Waals surface area contributed by atoms with E-state index >= 15 is 0 Å². The van der Waals surface area contributed by atoms with Crippen molar-refractivity contribution in [3.05, 3.63) is 22.8 Å².